The topological polar surface area (TPSA) is 36.4 Å². The van der Waals surface area contributed by atoms with Gasteiger partial charge < -0.3 is 5.32 Å². The average molecular weight is 286 g/mol. The van der Waals surface area contributed by atoms with E-state index in [4.69, 9.17) is 12.2 Å². The summed E-state index contributed by atoms with van der Waals surface area (Å²) in [6.07, 6.45) is 1.72. The Hall–Kier alpha value is -0.940. The molecule has 0 unspecified atom stereocenters. The Kier molecular flexibility index (Phi) is 5.28. The lowest BCUT2D eigenvalue weighted by atomic mass is 10.2. The largest absolute Gasteiger partial charge is 0.362 e. The lowest BCUT2D eigenvalue weighted by Gasteiger charge is -2.02. The average Bonchev–Trinajstić information content (AvgIpc) is 2.21. The van der Waals surface area contributed by atoms with Crippen molar-refractivity contribution in [3.8, 4) is 0 Å². The number of thiocarbonyl (C=S) groups is 1. The third kappa shape index (κ3) is 4.90. The molecule has 0 aliphatic carbocycles. The van der Waals surface area contributed by atoms with Crippen molar-refractivity contribution in [3.05, 3.63) is 34.3 Å². The molecule has 0 spiro atoms. The standard InChI is InChI=1S/C10H12BrN3S/c1-2-12-10(15)14-13-7-8-3-5-9(11)6-4-8/h3-7H,2H2,1H3,(H2,12,14,15). The van der Waals surface area contributed by atoms with Gasteiger partial charge in [-0.1, -0.05) is 28.1 Å². The van der Waals surface area contributed by atoms with Gasteiger partial charge in [-0.15, -0.1) is 0 Å². The van der Waals surface area contributed by atoms with E-state index in [0.29, 0.717) is 5.11 Å². The molecule has 1 aromatic carbocycles. The van der Waals surface area contributed by atoms with Crippen molar-refractivity contribution >= 4 is 39.5 Å². The number of benzene rings is 1. The van der Waals surface area contributed by atoms with Gasteiger partial charge >= 0.3 is 0 Å². The zero-order valence-corrected chi connectivity index (χ0v) is 10.7. The van der Waals surface area contributed by atoms with Gasteiger partial charge in [-0.25, -0.2) is 0 Å². The predicted molar refractivity (Wildman–Crippen MR) is 71.1 cm³/mol. The van der Waals surface area contributed by atoms with E-state index >= 15 is 0 Å². The van der Waals surface area contributed by atoms with Crippen molar-refractivity contribution < 1.29 is 0 Å². The van der Waals surface area contributed by atoms with Crippen LogP contribution in [0, 0.1) is 0 Å². The number of hydrogen-bond acceptors (Lipinski definition) is 2. The zero-order valence-electron chi connectivity index (χ0n) is 8.33. The van der Waals surface area contributed by atoms with Crippen molar-refractivity contribution in [1.29, 1.82) is 0 Å². The summed E-state index contributed by atoms with van der Waals surface area (Å²) in [6.45, 7) is 2.77. The smallest absolute Gasteiger partial charge is 0.186 e. The van der Waals surface area contributed by atoms with Gasteiger partial charge in [0.2, 0.25) is 0 Å². The highest BCUT2D eigenvalue weighted by Crippen LogP contribution is 2.08. The Morgan fingerprint density at radius 1 is 1.47 bits per heavy atom. The zero-order chi connectivity index (χ0) is 11.1. The van der Waals surface area contributed by atoms with Gasteiger partial charge in [0.05, 0.1) is 6.21 Å². The number of nitrogens with zero attached hydrogens (tertiary/aromatic N) is 1. The van der Waals surface area contributed by atoms with Crippen LogP contribution in [0.15, 0.2) is 33.8 Å². The SMILES string of the molecule is CCNC(=S)NN=Cc1ccc(Br)cc1. The molecular weight excluding hydrogens is 274 g/mol. The van der Waals surface area contributed by atoms with Crippen LogP contribution in [0.5, 0.6) is 0 Å². The van der Waals surface area contributed by atoms with Crippen LogP contribution in [0.2, 0.25) is 0 Å². The molecule has 5 heteroatoms. The van der Waals surface area contributed by atoms with Gasteiger partial charge in [-0.2, -0.15) is 5.10 Å². The van der Waals surface area contributed by atoms with E-state index in [1.165, 1.54) is 0 Å². The molecule has 0 heterocycles. The summed E-state index contributed by atoms with van der Waals surface area (Å²) in [4.78, 5) is 0. The molecule has 2 N–H and O–H groups in total. The maximum absolute atomic E-state index is 4.95. The van der Waals surface area contributed by atoms with Gasteiger partial charge in [0.1, 0.15) is 0 Å². The van der Waals surface area contributed by atoms with E-state index in [2.05, 4.69) is 31.8 Å². The van der Waals surface area contributed by atoms with Gasteiger partial charge in [0.15, 0.2) is 5.11 Å². The first kappa shape index (κ1) is 12.1. The van der Waals surface area contributed by atoms with Crippen LogP contribution >= 0.6 is 28.1 Å². The van der Waals surface area contributed by atoms with Crippen molar-refractivity contribution in [1.82, 2.24) is 10.7 Å². The minimum absolute atomic E-state index is 0.533. The molecule has 0 aliphatic heterocycles. The molecule has 0 aromatic heterocycles. The quantitative estimate of drug-likeness (QED) is 0.508. The normalized spacial score (nSPS) is 10.3. The molecule has 0 saturated carbocycles. The molecule has 1 rings (SSSR count). The maximum atomic E-state index is 4.95. The first-order valence-corrected chi connectivity index (χ1v) is 5.75. The molecule has 0 radical (unpaired) electrons. The van der Waals surface area contributed by atoms with Crippen LogP contribution in [0.4, 0.5) is 0 Å². The highest BCUT2D eigenvalue weighted by atomic mass is 79.9. The number of nitrogens with one attached hydrogen (secondary N) is 2. The summed E-state index contributed by atoms with van der Waals surface area (Å²) in [6, 6.07) is 7.85. The van der Waals surface area contributed by atoms with Crippen LogP contribution in [0.3, 0.4) is 0 Å². The van der Waals surface area contributed by atoms with E-state index in [9.17, 15) is 0 Å². The fraction of sp³-hybridized carbons (Fsp3) is 0.200. The number of rotatable bonds is 3. The second-order valence-electron chi connectivity index (χ2n) is 2.78. The highest BCUT2D eigenvalue weighted by Gasteiger charge is 1.89. The van der Waals surface area contributed by atoms with Gasteiger partial charge in [-0.05, 0) is 36.8 Å². The van der Waals surface area contributed by atoms with E-state index in [1.807, 2.05) is 31.2 Å². The Labute approximate surface area is 103 Å². The molecular formula is C10H12BrN3S. The Balaban J connectivity index is 2.44. The number of halogens is 1. The van der Waals surface area contributed by atoms with Crippen LogP contribution in [-0.2, 0) is 0 Å². The molecule has 3 nitrogen and oxygen atoms in total. The van der Waals surface area contributed by atoms with Crippen molar-refractivity contribution in [2.24, 2.45) is 5.10 Å². The molecule has 0 aliphatic rings. The van der Waals surface area contributed by atoms with E-state index < -0.39 is 0 Å². The van der Waals surface area contributed by atoms with Gasteiger partial charge in [-0.3, -0.25) is 5.43 Å². The summed E-state index contributed by atoms with van der Waals surface area (Å²) in [5.74, 6) is 0. The lowest BCUT2D eigenvalue weighted by molar-refractivity contribution is 0.904. The van der Waals surface area contributed by atoms with Crippen LogP contribution < -0.4 is 10.7 Å². The van der Waals surface area contributed by atoms with Gasteiger partial charge in [0, 0.05) is 11.0 Å². The van der Waals surface area contributed by atoms with E-state index in [0.717, 1.165) is 16.6 Å². The summed E-state index contributed by atoms with van der Waals surface area (Å²) >= 11 is 8.31. The Bertz CT molecular complexity index is 348. The summed E-state index contributed by atoms with van der Waals surface area (Å²) in [5.41, 5.74) is 3.74. The minimum Gasteiger partial charge on any atom is -0.362 e. The molecule has 0 bridgehead atoms. The second kappa shape index (κ2) is 6.53. The third-order valence-electron chi connectivity index (χ3n) is 1.59. The highest BCUT2D eigenvalue weighted by molar-refractivity contribution is 9.10. The molecule has 0 amide bonds. The van der Waals surface area contributed by atoms with Crippen molar-refractivity contribution in [2.45, 2.75) is 6.92 Å². The molecule has 1 aromatic rings. The summed E-state index contributed by atoms with van der Waals surface area (Å²) in [7, 11) is 0. The lowest BCUT2D eigenvalue weighted by Crippen LogP contribution is -2.31. The fourth-order valence-electron chi connectivity index (χ4n) is 0.914. The number of hydrogen-bond donors (Lipinski definition) is 2. The van der Waals surface area contributed by atoms with E-state index in [1.54, 1.807) is 6.21 Å². The molecule has 80 valence electrons. The van der Waals surface area contributed by atoms with Crippen molar-refractivity contribution in [3.63, 3.8) is 0 Å². The Morgan fingerprint density at radius 3 is 2.73 bits per heavy atom. The molecule has 0 atom stereocenters. The second-order valence-corrected chi connectivity index (χ2v) is 4.10. The van der Waals surface area contributed by atoms with Crippen LogP contribution in [-0.4, -0.2) is 17.9 Å². The summed E-state index contributed by atoms with van der Waals surface area (Å²) in [5, 5.41) is 7.47. The van der Waals surface area contributed by atoms with E-state index in [-0.39, 0.29) is 0 Å². The fourth-order valence-corrected chi connectivity index (χ4v) is 1.38. The number of hydrazone groups is 1. The molecule has 0 fully saturated rings. The first-order chi connectivity index (χ1) is 7.22. The summed E-state index contributed by atoms with van der Waals surface area (Å²) < 4.78 is 1.05. The maximum Gasteiger partial charge on any atom is 0.186 e. The van der Waals surface area contributed by atoms with Gasteiger partial charge in [0.25, 0.3) is 0 Å². The van der Waals surface area contributed by atoms with Crippen LogP contribution in [0.1, 0.15) is 12.5 Å². The molecule has 0 saturated heterocycles. The first-order valence-electron chi connectivity index (χ1n) is 4.55. The monoisotopic (exact) mass is 285 g/mol. The Morgan fingerprint density at radius 2 is 2.13 bits per heavy atom. The van der Waals surface area contributed by atoms with Crippen LogP contribution in [0.25, 0.3) is 0 Å². The van der Waals surface area contributed by atoms with Crippen molar-refractivity contribution in [2.75, 3.05) is 6.54 Å². The minimum atomic E-state index is 0.533. The molecule has 15 heavy (non-hydrogen) atoms. The predicted octanol–water partition coefficient (Wildman–Crippen LogP) is 2.27. The third-order valence-corrected chi connectivity index (χ3v) is 2.35.